The molecule has 1 aliphatic rings. The van der Waals surface area contributed by atoms with Crippen molar-refractivity contribution in [2.75, 3.05) is 23.3 Å². The van der Waals surface area contributed by atoms with Crippen molar-refractivity contribution in [2.45, 2.75) is 19.4 Å². The molecule has 6 nitrogen and oxygen atoms in total. The molecule has 0 aliphatic carbocycles. The Balaban J connectivity index is 1.31. The van der Waals surface area contributed by atoms with Crippen LogP contribution in [0.2, 0.25) is 0 Å². The Labute approximate surface area is 175 Å². The zero-order valence-corrected chi connectivity index (χ0v) is 16.7. The van der Waals surface area contributed by atoms with Crippen molar-refractivity contribution in [3.8, 4) is 0 Å². The highest BCUT2D eigenvalue weighted by Crippen LogP contribution is 2.26. The van der Waals surface area contributed by atoms with Gasteiger partial charge in [-0.05, 0) is 60.4 Å². The van der Waals surface area contributed by atoms with E-state index in [1.807, 2.05) is 24.3 Å². The number of carbonyl (C=O) groups is 2. The molecule has 4 rings (SSSR count). The number of benzene rings is 2. The van der Waals surface area contributed by atoms with Gasteiger partial charge in [0.25, 0.3) is 5.91 Å². The molecule has 2 aromatic carbocycles. The van der Waals surface area contributed by atoms with Crippen molar-refractivity contribution in [1.82, 2.24) is 10.3 Å². The minimum atomic E-state index is -0.165. The predicted molar refractivity (Wildman–Crippen MR) is 117 cm³/mol. The van der Waals surface area contributed by atoms with Crippen LogP contribution in [-0.4, -0.2) is 29.9 Å². The van der Waals surface area contributed by atoms with E-state index in [1.165, 1.54) is 5.56 Å². The monoisotopic (exact) mass is 400 g/mol. The molecule has 0 radical (unpaired) electrons. The minimum Gasteiger partial charge on any atom is -0.362 e. The molecular formula is C24H24N4O2. The fraction of sp³-hybridized carbons (Fsp3) is 0.208. The van der Waals surface area contributed by atoms with Gasteiger partial charge in [-0.3, -0.25) is 14.6 Å². The van der Waals surface area contributed by atoms with Crippen molar-refractivity contribution >= 4 is 23.2 Å². The van der Waals surface area contributed by atoms with Crippen LogP contribution < -0.4 is 15.5 Å². The van der Waals surface area contributed by atoms with Crippen molar-refractivity contribution in [2.24, 2.45) is 0 Å². The van der Waals surface area contributed by atoms with Gasteiger partial charge in [-0.15, -0.1) is 0 Å². The summed E-state index contributed by atoms with van der Waals surface area (Å²) in [7, 11) is 0. The Bertz CT molecular complexity index is 1020. The van der Waals surface area contributed by atoms with Gasteiger partial charge in [0, 0.05) is 42.4 Å². The summed E-state index contributed by atoms with van der Waals surface area (Å²) in [5.74, 6) is -0.234. The first-order valence-corrected chi connectivity index (χ1v) is 10.1. The lowest BCUT2D eigenvalue weighted by Gasteiger charge is -2.30. The van der Waals surface area contributed by atoms with Crippen molar-refractivity contribution in [1.29, 1.82) is 0 Å². The van der Waals surface area contributed by atoms with E-state index in [4.69, 9.17) is 0 Å². The van der Waals surface area contributed by atoms with Crippen LogP contribution in [0.4, 0.5) is 11.4 Å². The van der Waals surface area contributed by atoms with Crippen LogP contribution in [0.3, 0.4) is 0 Å². The third kappa shape index (κ3) is 4.84. The summed E-state index contributed by atoms with van der Waals surface area (Å²) in [6.07, 6.45) is 5.52. The maximum atomic E-state index is 12.5. The lowest BCUT2D eigenvalue weighted by atomic mass is 10.0. The maximum Gasteiger partial charge on any atom is 0.251 e. The van der Waals surface area contributed by atoms with Gasteiger partial charge < -0.3 is 15.5 Å². The first kappa shape index (κ1) is 19.6. The van der Waals surface area contributed by atoms with E-state index in [1.54, 1.807) is 36.7 Å². The molecule has 0 bridgehead atoms. The van der Waals surface area contributed by atoms with E-state index in [0.717, 1.165) is 30.6 Å². The molecule has 0 saturated carbocycles. The number of amides is 2. The molecular weight excluding hydrogens is 376 g/mol. The number of aryl methyl sites for hydroxylation is 1. The molecule has 0 fully saturated rings. The number of para-hydroxylation sites is 1. The van der Waals surface area contributed by atoms with E-state index in [9.17, 15) is 9.59 Å². The zero-order valence-electron chi connectivity index (χ0n) is 16.7. The minimum absolute atomic E-state index is 0.0690. The Morgan fingerprint density at radius 1 is 1.00 bits per heavy atom. The second-order valence-electron chi connectivity index (χ2n) is 7.32. The highest BCUT2D eigenvalue weighted by Gasteiger charge is 2.18. The Hall–Kier alpha value is -3.67. The number of anilines is 2. The summed E-state index contributed by atoms with van der Waals surface area (Å²) < 4.78 is 0. The molecule has 0 spiro atoms. The van der Waals surface area contributed by atoms with Gasteiger partial charge in [0.15, 0.2) is 0 Å². The number of pyridine rings is 1. The Morgan fingerprint density at radius 3 is 2.63 bits per heavy atom. The maximum absolute atomic E-state index is 12.5. The number of hydrogen-bond acceptors (Lipinski definition) is 4. The third-order valence-corrected chi connectivity index (χ3v) is 5.15. The summed E-state index contributed by atoms with van der Waals surface area (Å²) in [4.78, 5) is 31.0. The second kappa shape index (κ2) is 9.22. The molecule has 3 aromatic rings. The van der Waals surface area contributed by atoms with E-state index in [-0.39, 0.29) is 11.8 Å². The number of rotatable bonds is 6. The van der Waals surface area contributed by atoms with Gasteiger partial charge in [0.05, 0.1) is 6.54 Å². The van der Waals surface area contributed by atoms with E-state index in [0.29, 0.717) is 24.3 Å². The molecule has 0 atom stereocenters. The summed E-state index contributed by atoms with van der Waals surface area (Å²) in [5, 5.41) is 5.79. The van der Waals surface area contributed by atoms with Gasteiger partial charge >= 0.3 is 0 Å². The largest absolute Gasteiger partial charge is 0.362 e. The van der Waals surface area contributed by atoms with Gasteiger partial charge in [0.2, 0.25) is 5.91 Å². The zero-order chi connectivity index (χ0) is 20.8. The molecule has 1 aliphatic heterocycles. The molecule has 0 unspecified atom stereocenters. The number of fused-ring (bicyclic) bond motifs is 1. The van der Waals surface area contributed by atoms with E-state index >= 15 is 0 Å². The van der Waals surface area contributed by atoms with Crippen molar-refractivity contribution in [3.05, 3.63) is 89.7 Å². The summed E-state index contributed by atoms with van der Waals surface area (Å²) >= 11 is 0. The number of carbonyl (C=O) groups excluding carboxylic acids is 2. The van der Waals surface area contributed by atoms with Crippen molar-refractivity contribution in [3.63, 3.8) is 0 Å². The molecule has 30 heavy (non-hydrogen) atoms. The third-order valence-electron chi connectivity index (χ3n) is 5.15. The Morgan fingerprint density at radius 2 is 1.83 bits per heavy atom. The highest BCUT2D eigenvalue weighted by molar-refractivity contribution is 5.96. The average molecular weight is 400 g/mol. The van der Waals surface area contributed by atoms with E-state index in [2.05, 4.69) is 32.7 Å². The van der Waals surface area contributed by atoms with Gasteiger partial charge in [-0.2, -0.15) is 0 Å². The van der Waals surface area contributed by atoms with Gasteiger partial charge in [0.1, 0.15) is 0 Å². The van der Waals surface area contributed by atoms with Crippen LogP contribution in [0.1, 0.15) is 27.9 Å². The first-order chi connectivity index (χ1) is 14.7. The normalized spacial score (nSPS) is 12.7. The number of nitrogens with zero attached hydrogens (tertiary/aromatic N) is 2. The van der Waals surface area contributed by atoms with E-state index < -0.39 is 0 Å². The molecule has 152 valence electrons. The topological polar surface area (TPSA) is 74.3 Å². The van der Waals surface area contributed by atoms with Crippen LogP contribution >= 0.6 is 0 Å². The van der Waals surface area contributed by atoms with Crippen LogP contribution in [0.15, 0.2) is 73.1 Å². The predicted octanol–water partition coefficient (Wildman–Crippen LogP) is 3.40. The summed E-state index contributed by atoms with van der Waals surface area (Å²) in [6.45, 7) is 1.60. The summed E-state index contributed by atoms with van der Waals surface area (Å²) in [6, 6.07) is 18.9. The average Bonchev–Trinajstić information content (AvgIpc) is 2.79. The summed E-state index contributed by atoms with van der Waals surface area (Å²) in [5.41, 5.74) is 4.59. The van der Waals surface area contributed by atoms with Crippen LogP contribution in [-0.2, 0) is 17.8 Å². The lowest BCUT2D eigenvalue weighted by molar-refractivity contribution is -0.115. The molecule has 2 amide bonds. The Kier molecular flexibility index (Phi) is 6.03. The van der Waals surface area contributed by atoms with Gasteiger partial charge in [-0.1, -0.05) is 24.3 Å². The fourth-order valence-corrected chi connectivity index (χ4v) is 3.64. The first-order valence-electron chi connectivity index (χ1n) is 10.1. The number of aromatic nitrogens is 1. The standard InChI is InChI=1S/C24H24N4O2/c29-23(17-28-14-4-7-19-6-1-2-8-22(19)28)27-21-11-9-20(10-12-21)24(30)26-16-18-5-3-13-25-15-18/h1-3,5-6,8-13,15H,4,7,14,16-17H2,(H,26,30)(H,27,29). The fourth-order valence-electron chi connectivity index (χ4n) is 3.64. The van der Waals surface area contributed by atoms with Crippen LogP contribution in [0.5, 0.6) is 0 Å². The van der Waals surface area contributed by atoms with Crippen LogP contribution in [0.25, 0.3) is 0 Å². The molecule has 6 heteroatoms. The molecule has 1 aromatic heterocycles. The highest BCUT2D eigenvalue weighted by atomic mass is 16.2. The molecule has 0 saturated heterocycles. The number of hydrogen-bond donors (Lipinski definition) is 2. The molecule has 2 heterocycles. The lowest BCUT2D eigenvalue weighted by Crippen LogP contribution is -2.36. The smallest absolute Gasteiger partial charge is 0.251 e. The quantitative estimate of drug-likeness (QED) is 0.665. The second-order valence-corrected chi connectivity index (χ2v) is 7.32. The SMILES string of the molecule is O=C(CN1CCCc2ccccc21)Nc1ccc(C(=O)NCc2cccnc2)cc1. The molecule has 2 N–H and O–H groups in total. The van der Waals surface area contributed by atoms with Gasteiger partial charge in [-0.25, -0.2) is 0 Å². The van der Waals surface area contributed by atoms with Crippen molar-refractivity contribution < 1.29 is 9.59 Å². The van der Waals surface area contributed by atoms with Crippen LogP contribution in [0, 0.1) is 0 Å². The number of nitrogens with one attached hydrogen (secondary N) is 2.